The highest BCUT2D eigenvalue weighted by Gasteiger charge is 2.31. The van der Waals surface area contributed by atoms with Gasteiger partial charge in [-0.2, -0.15) is 0 Å². The first-order valence-electron chi connectivity index (χ1n) is 9.89. The predicted molar refractivity (Wildman–Crippen MR) is 129 cm³/mol. The van der Waals surface area contributed by atoms with Crippen LogP contribution in [0.25, 0.3) is 6.08 Å². The Morgan fingerprint density at radius 3 is 2.71 bits per heavy atom. The number of nitrogens with zero attached hydrogens (tertiary/aromatic N) is 2. The summed E-state index contributed by atoms with van der Waals surface area (Å²) in [5.41, 5.74) is 1.26. The first-order chi connectivity index (χ1) is 15.0. The topological polar surface area (TPSA) is 88.1 Å². The van der Waals surface area contributed by atoms with Gasteiger partial charge in [-0.3, -0.25) is 19.5 Å². The first kappa shape index (κ1) is 23.5. The third-order valence-corrected chi connectivity index (χ3v) is 6.89. The molecule has 0 bridgehead atoms. The smallest absolute Gasteiger partial charge is 0.337 e. The molecule has 0 aliphatic carbocycles. The summed E-state index contributed by atoms with van der Waals surface area (Å²) in [5, 5.41) is 3.54. The van der Waals surface area contributed by atoms with Crippen molar-refractivity contribution in [1.82, 2.24) is 10.2 Å². The van der Waals surface area contributed by atoms with E-state index in [2.05, 4.69) is 15.0 Å². The molecule has 1 N–H and O–H groups in total. The fraction of sp³-hybridized carbons (Fsp3) is 0.381. The zero-order chi connectivity index (χ0) is 22.2. The summed E-state index contributed by atoms with van der Waals surface area (Å²) >= 11 is 8.21. The number of thiocarbonyl (C=S) groups is 1. The molecule has 10 heteroatoms. The van der Waals surface area contributed by atoms with Crippen LogP contribution in [0.3, 0.4) is 0 Å². The minimum Gasteiger partial charge on any atom is -0.465 e. The van der Waals surface area contributed by atoms with Crippen molar-refractivity contribution in [2.24, 2.45) is 4.99 Å². The summed E-state index contributed by atoms with van der Waals surface area (Å²) in [6.07, 6.45) is 4.57. The van der Waals surface area contributed by atoms with Gasteiger partial charge < -0.3 is 10.1 Å². The monoisotopic (exact) mass is 477 g/mol. The molecule has 0 atom stereocenters. The van der Waals surface area contributed by atoms with E-state index in [9.17, 15) is 14.4 Å². The van der Waals surface area contributed by atoms with Crippen LogP contribution in [0.4, 0.5) is 0 Å². The highest BCUT2D eigenvalue weighted by molar-refractivity contribution is 8.26. The summed E-state index contributed by atoms with van der Waals surface area (Å²) in [6.45, 7) is 1.30. The quantitative estimate of drug-likeness (QED) is 0.266. The lowest BCUT2D eigenvalue weighted by atomic mass is 10.1. The van der Waals surface area contributed by atoms with Gasteiger partial charge in [-0.1, -0.05) is 54.3 Å². The van der Waals surface area contributed by atoms with Crippen LogP contribution in [-0.2, 0) is 14.3 Å². The van der Waals surface area contributed by atoms with Gasteiger partial charge in [0.2, 0.25) is 5.91 Å². The number of hydrogen-bond donors (Lipinski definition) is 1. The maximum absolute atomic E-state index is 12.7. The van der Waals surface area contributed by atoms with Crippen molar-refractivity contribution in [3.8, 4) is 0 Å². The number of methoxy groups -OCH3 is 1. The number of unbranched alkanes of at least 4 members (excludes halogenated alkanes) is 2. The normalized spacial score (nSPS) is 17.3. The largest absolute Gasteiger partial charge is 0.465 e. The number of rotatable bonds is 8. The van der Waals surface area contributed by atoms with Crippen LogP contribution in [0, 0.1) is 0 Å². The fourth-order valence-electron chi connectivity index (χ4n) is 3.00. The molecule has 0 spiro atoms. The van der Waals surface area contributed by atoms with E-state index < -0.39 is 5.97 Å². The highest BCUT2D eigenvalue weighted by Crippen LogP contribution is 2.32. The van der Waals surface area contributed by atoms with Crippen molar-refractivity contribution in [3.63, 3.8) is 0 Å². The van der Waals surface area contributed by atoms with Crippen LogP contribution in [0.2, 0.25) is 0 Å². The van der Waals surface area contributed by atoms with Gasteiger partial charge in [0.1, 0.15) is 4.32 Å². The van der Waals surface area contributed by atoms with Crippen LogP contribution in [0.1, 0.15) is 41.6 Å². The molecule has 164 valence electrons. The zero-order valence-electron chi connectivity index (χ0n) is 17.1. The van der Waals surface area contributed by atoms with E-state index in [0.29, 0.717) is 32.9 Å². The fourth-order valence-corrected chi connectivity index (χ4v) is 5.06. The summed E-state index contributed by atoms with van der Waals surface area (Å²) in [4.78, 5) is 42.5. The van der Waals surface area contributed by atoms with Gasteiger partial charge in [0.25, 0.3) is 5.91 Å². The average molecular weight is 478 g/mol. The van der Waals surface area contributed by atoms with Gasteiger partial charge in [0.05, 0.1) is 24.1 Å². The van der Waals surface area contributed by atoms with Gasteiger partial charge in [-0.05, 0) is 36.6 Å². The standard InChI is InChI=1S/C21H23N3O4S3/c1-28-19(27)15-8-6-14(7-9-15)13-16-18(26)24(21(29)31-16)11-4-2-3-5-17(25)23-20-22-10-12-30-20/h6-9,13H,2-5,10-12H2,1H3,(H,22,23,25)/b16-13-. The molecule has 1 fully saturated rings. The molecule has 1 saturated heterocycles. The molecule has 2 aliphatic heterocycles. The van der Waals surface area contributed by atoms with Crippen LogP contribution >= 0.6 is 35.7 Å². The second-order valence-corrected chi connectivity index (χ2v) is 9.60. The second kappa shape index (κ2) is 11.4. The molecular weight excluding hydrogens is 454 g/mol. The highest BCUT2D eigenvalue weighted by atomic mass is 32.2. The van der Waals surface area contributed by atoms with Crippen LogP contribution in [0.5, 0.6) is 0 Å². The van der Waals surface area contributed by atoms with Gasteiger partial charge in [0, 0.05) is 18.7 Å². The molecular formula is C21H23N3O4S3. The van der Waals surface area contributed by atoms with Crippen LogP contribution < -0.4 is 5.32 Å². The second-order valence-electron chi connectivity index (χ2n) is 6.84. The maximum Gasteiger partial charge on any atom is 0.337 e. The van der Waals surface area contributed by atoms with E-state index >= 15 is 0 Å². The summed E-state index contributed by atoms with van der Waals surface area (Å²) in [5.74, 6) is 0.398. The Hall–Kier alpha value is -2.17. The van der Waals surface area contributed by atoms with Gasteiger partial charge in [-0.25, -0.2) is 4.79 Å². The Morgan fingerprint density at radius 1 is 1.26 bits per heavy atom. The molecule has 0 radical (unpaired) electrons. The van der Waals surface area contributed by atoms with Crippen molar-refractivity contribution < 1.29 is 19.1 Å². The molecule has 0 saturated carbocycles. The lowest BCUT2D eigenvalue weighted by Crippen LogP contribution is -2.29. The van der Waals surface area contributed by atoms with E-state index in [1.807, 2.05) is 0 Å². The third kappa shape index (κ3) is 6.65. The molecule has 2 amide bonds. The Labute approximate surface area is 195 Å². The summed E-state index contributed by atoms with van der Waals surface area (Å²) in [7, 11) is 1.33. The summed E-state index contributed by atoms with van der Waals surface area (Å²) < 4.78 is 5.23. The minimum atomic E-state index is -0.401. The number of nitrogens with one attached hydrogen (secondary N) is 1. The van der Waals surface area contributed by atoms with E-state index in [-0.39, 0.29) is 11.8 Å². The number of esters is 1. The average Bonchev–Trinajstić information content (AvgIpc) is 3.36. The molecule has 0 unspecified atom stereocenters. The van der Waals surface area contributed by atoms with Crippen LogP contribution in [-0.4, -0.2) is 58.1 Å². The maximum atomic E-state index is 12.7. The lowest BCUT2D eigenvalue weighted by molar-refractivity contribution is -0.122. The predicted octanol–water partition coefficient (Wildman–Crippen LogP) is 3.45. The Morgan fingerprint density at radius 2 is 2.03 bits per heavy atom. The Bertz CT molecular complexity index is 928. The number of carbonyl (C=O) groups is 3. The number of amides is 2. The van der Waals surface area contributed by atoms with Gasteiger partial charge in [0.15, 0.2) is 5.17 Å². The SMILES string of the molecule is COC(=O)c1ccc(/C=C2\SC(=S)N(CCCCCC(=O)NC3=NCCS3)C2=O)cc1. The number of amidine groups is 1. The number of ether oxygens (including phenoxy) is 1. The molecule has 3 rings (SSSR count). The zero-order valence-corrected chi connectivity index (χ0v) is 19.5. The lowest BCUT2D eigenvalue weighted by Gasteiger charge is -2.14. The molecule has 1 aromatic carbocycles. The summed E-state index contributed by atoms with van der Waals surface area (Å²) in [6, 6.07) is 6.85. The van der Waals surface area contributed by atoms with Crippen molar-refractivity contribution in [1.29, 1.82) is 0 Å². The minimum absolute atomic E-state index is 0.0140. The number of aliphatic imine (C=N–C) groups is 1. The number of carbonyl (C=O) groups excluding carboxylic acids is 3. The Kier molecular flexibility index (Phi) is 8.68. The number of hydrogen-bond acceptors (Lipinski definition) is 8. The number of benzene rings is 1. The van der Waals surface area contributed by atoms with Crippen molar-refractivity contribution in [2.75, 3.05) is 26.0 Å². The molecule has 31 heavy (non-hydrogen) atoms. The number of thioether (sulfide) groups is 2. The van der Waals surface area contributed by atoms with E-state index in [1.54, 1.807) is 47.0 Å². The van der Waals surface area contributed by atoms with Crippen molar-refractivity contribution in [2.45, 2.75) is 25.7 Å². The van der Waals surface area contributed by atoms with Crippen molar-refractivity contribution >= 4 is 69.1 Å². The molecule has 2 aliphatic rings. The molecule has 7 nitrogen and oxygen atoms in total. The molecule has 0 aromatic heterocycles. The molecule has 1 aromatic rings. The van der Waals surface area contributed by atoms with Crippen molar-refractivity contribution in [3.05, 3.63) is 40.3 Å². The molecule has 2 heterocycles. The van der Waals surface area contributed by atoms with Crippen LogP contribution in [0.15, 0.2) is 34.2 Å². The van der Waals surface area contributed by atoms with Gasteiger partial charge >= 0.3 is 5.97 Å². The first-order valence-corrected chi connectivity index (χ1v) is 12.1. The Balaban J connectivity index is 1.44. The van der Waals surface area contributed by atoms with E-state index in [0.717, 1.165) is 37.1 Å². The van der Waals surface area contributed by atoms with E-state index in [1.165, 1.54) is 18.9 Å². The third-order valence-electron chi connectivity index (χ3n) is 4.62. The van der Waals surface area contributed by atoms with Gasteiger partial charge in [-0.15, -0.1) is 0 Å². The van der Waals surface area contributed by atoms with E-state index in [4.69, 9.17) is 12.2 Å².